The second-order valence-electron chi connectivity index (χ2n) is 5.08. The number of anilines is 1. The number of likely N-dealkylation sites (N-methyl/N-ethyl adjacent to an activating group) is 1. The van der Waals surface area contributed by atoms with Gasteiger partial charge < -0.3 is 4.90 Å². The largest absolute Gasteiger partial charge is 0.416 e. The van der Waals surface area contributed by atoms with E-state index in [-0.39, 0.29) is 18.7 Å². The van der Waals surface area contributed by atoms with Crippen LogP contribution >= 0.6 is 0 Å². The number of nitrogens with zero attached hydrogens (tertiary/aromatic N) is 2. The summed E-state index contributed by atoms with van der Waals surface area (Å²) in [6, 6.07) is 5.24. The molecule has 0 N–H and O–H groups in total. The lowest BCUT2D eigenvalue weighted by Gasteiger charge is -2.22. The number of rotatable bonds is 2. The van der Waals surface area contributed by atoms with E-state index >= 15 is 0 Å². The van der Waals surface area contributed by atoms with Gasteiger partial charge in [0.15, 0.2) is 0 Å². The molecule has 0 spiro atoms. The topological polar surface area (TPSA) is 44.1 Å². The van der Waals surface area contributed by atoms with Crippen LogP contribution in [0.3, 0.4) is 0 Å². The van der Waals surface area contributed by atoms with Gasteiger partial charge in [-0.1, -0.05) is 0 Å². The highest BCUT2D eigenvalue weighted by atomic mass is 19.4. The molecule has 6 heteroatoms. The Kier molecular flexibility index (Phi) is 3.24. The van der Waals surface area contributed by atoms with Crippen molar-refractivity contribution in [1.82, 2.24) is 0 Å². The van der Waals surface area contributed by atoms with Crippen molar-refractivity contribution in [1.29, 1.82) is 5.26 Å². The van der Waals surface area contributed by atoms with Crippen LogP contribution in [-0.2, 0) is 16.4 Å². The Morgan fingerprint density at radius 3 is 2.60 bits per heavy atom. The van der Waals surface area contributed by atoms with E-state index in [1.807, 2.05) is 6.07 Å². The molecule has 1 aliphatic rings. The van der Waals surface area contributed by atoms with Crippen molar-refractivity contribution in [3.63, 3.8) is 0 Å². The highest BCUT2D eigenvalue weighted by Crippen LogP contribution is 2.45. The van der Waals surface area contributed by atoms with Crippen LogP contribution in [0.1, 0.15) is 30.9 Å². The lowest BCUT2D eigenvalue weighted by molar-refractivity contribution is -0.137. The molecule has 0 saturated heterocycles. The highest BCUT2D eigenvalue weighted by Gasteiger charge is 2.46. The van der Waals surface area contributed by atoms with Gasteiger partial charge in [0.25, 0.3) is 0 Å². The SMILES string of the molecule is CN1C(=O)C(C)(CCC#N)c2cc(C(F)(F)F)ccc21. The number of hydrogen-bond donors (Lipinski definition) is 0. The van der Waals surface area contributed by atoms with Crippen LogP contribution in [0.25, 0.3) is 0 Å². The van der Waals surface area contributed by atoms with Crippen molar-refractivity contribution in [2.45, 2.75) is 31.4 Å². The Hall–Kier alpha value is -2.03. The second kappa shape index (κ2) is 4.51. The summed E-state index contributed by atoms with van der Waals surface area (Å²) in [5.41, 5.74) is -1.03. The summed E-state index contributed by atoms with van der Waals surface area (Å²) >= 11 is 0. The first-order valence-electron chi connectivity index (χ1n) is 6.08. The Morgan fingerprint density at radius 2 is 2.05 bits per heavy atom. The van der Waals surface area contributed by atoms with Gasteiger partial charge in [-0.2, -0.15) is 18.4 Å². The number of halogens is 3. The molecule has 1 heterocycles. The molecule has 1 atom stereocenters. The van der Waals surface area contributed by atoms with Gasteiger partial charge in [0, 0.05) is 19.2 Å². The summed E-state index contributed by atoms with van der Waals surface area (Å²) in [6.07, 6.45) is -4.12. The molecular weight excluding hydrogens is 269 g/mol. The van der Waals surface area contributed by atoms with E-state index in [9.17, 15) is 18.0 Å². The molecule has 106 valence electrons. The van der Waals surface area contributed by atoms with Crippen molar-refractivity contribution in [3.05, 3.63) is 29.3 Å². The summed E-state index contributed by atoms with van der Waals surface area (Å²) in [4.78, 5) is 13.6. The number of alkyl halides is 3. The van der Waals surface area contributed by atoms with Gasteiger partial charge >= 0.3 is 6.18 Å². The van der Waals surface area contributed by atoms with Crippen LogP contribution in [0.15, 0.2) is 18.2 Å². The fraction of sp³-hybridized carbons (Fsp3) is 0.429. The van der Waals surface area contributed by atoms with E-state index in [0.717, 1.165) is 12.1 Å². The molecule has 1 amide bonds. The Morgan fingerprint density at radius 1 is 1.40 bits per heavy atom. The number of carbonyl (C=O) groups is 1. The minimum absolute atomic E-state index is 0.117. The minimum atomic E-state index is -4.45. The maximum absolute atomic E-state index is 12.8. The zero-order chi connectivity index (χ0) is 15.1. The lowest BCUT2D eigenvalue weighted by atomic mass is 9.79. The molecule has 0 fully saturated rings. The van der Waals surface area contributed by atoms with Crippen molar-refractivity contribution in [3.8, 4) is 6.07 Å². The number of nitriles is 1. The molecule has 1 aromatic carbocycles. The first-order chi connectivity index (χ1) is 9.21. The number of benzene rings is 1. The van der Waals surface area contributed by atoms with Crippen molar-refractivity contribution in [2.24, 2.45) is 0 Å². The van der Waals surface area contributed by atoms with Gasteiger partial charge in [-0.05, 0) is 37.1 Å². The first-order valence-corrected chi connectivity index (χ1v) is 6.08. The average molecular weight is 282 g/mol. The monoisotopic (exact) mass is 282 g/mol. The molecule has 0 saturated carbocycles. The van der Waals surface area contributed by atoms with E-state index in [2.05, 4.69) is 0 Å². The number of fused-ring (bicyclic) bond motifs is 1. The Balaban J connectivity index is 2.57. The van der Waals surface area contributed by atoms with Crippen molar-refractivity contribution < 1.29 is 18.0 Å². The molecule has 0 bridgehead atoms. The van der Waals surface area contributed by atoms with Gasteiger partial charge in [0.2, 0.25) is 5.91 Å². The molecule has 0 aromatic heterocycles. The van der Waals surface area contributed by atoms with Crippen LogP contribution in [-0.4, -0.2) is 13.0 Å². The van der Waals surface area contributed by atoms with E-state index in [1.54, 1.807) is 6.92 Å². The third kappa shape index (κ3) is 2.03. The predicted molar refractivity (Wildman–Crippen MR) is 67.1 cm³/mol. The lowest BCUT2D eigenvalue weighted by Crippen LogP contribution is -2.36. The van der Waals surface area contributed by atoms with E-state index < -0.39 is 17.2 Å². The van der Waals surface area contributed by atoms with Crippen molar-refractivity contribution in [2.75, 3.05) is 11.9 Å². The molecule has 2 rings (SSSR count). The third-order valence-electron chi connectivity index (χ3n) is 3.79. The Labute approximate surface area is 114 Å². The molecule has 1 aromatic rings. The zero-order valence-corrected chi connectivity index (χ0v) is 11.1. The molecule has 3 nitrogen and oxygen atoms in total. The highest BCUT2D eigenvalue weighted by molar-refractivity contribution is 6.07. The quantitative estimate of drug-likeness (QED) is 0.835. The summed E-state index contributed by atoms with van der Waals surface area (Å²) in [7, 11) is 1.53. The van der Waals surface area contributed by atoms with Crippen molar-refractivity contribution >= 4 is 11.6 Å². The molecule has 0 aliphatic carbocycles. The van der Waals surface area contributed by atoms with Gasteiger partial charge in [0.05, 0.1) is 17.0 Å². The Bertz CT molecular complexity index is 603. The summed E-state index contributed by atoms with van der Waals surface area (Å²) in [5.74, 6) is -0.276. The van der Waals surface area contributed by atoms with Crippen LogP contribution < -0.4 is 4.90 Å². The van der Waals surface area contributed by atoms with E-state index in [1.165, 1.54) is 18.0 Å². The van der Waals surface area contributed by atoms with Crippen LogP contribution in [0.2, 0.25) is 0 Å². The number of amides is 1. The molecule has 1 unspecified atom stereocenters. The molecule has 20 heavy (non-hydrogen) atoms. The van der Waals surface area contributed by atoms with Crippen LogP contribution in [0.5, 0.6) is 0 Å². The summed E-state index contributed by atoms with van der Waals surface area (Å²) in [5, 5.41) is 8.67. The standard InChI is InChI=1S/C14H13F3N2O/c1-13(6-3-7-18)10-8-9(14(15,16)17)4-5-11(10)19(2)12(13)20/h4-5,8H,3,6H2,1-2H3. The maximum Gasteiger partial charge on any atom is 0.416 e. The fourth-order valence-corrected chi connectivity index (χ4v) is 2.59. The molecule has 1 aliphatic heterocycles. The normalized spacial score (nSPS) is 21.8. The van der Waals surface area contributed by atoms with Crippen LogP contribution in [0.4, 0.5) is 18.9 Å². The van der Waals surface area contributed by atoms with Gasteiger partial charge in [0.1, 0.15) is 0 Å². The van der Waals surface area contributed by atoms with Gasteiger partial charge in [-0.25, -0.2) is 0 Å². The molecular formula is C14H13F3N2O. The zero-order valence-electron chi connectivity index (χ0n) is 11.1. The smallest absolute Gasteiger partial charge is 0.314 e. The van der Waals surface area contributed by atoms with Gasteiger partial charge in [-0.3, -0.25) is 4.79 Å². The predicted octanol–water partition coefficient (Wildman–Crippen LogP) is 3.24. The third-order valence-corrected chi connectivity index (χ3v) is 3.79. The second-order valence-corrected chi connectivity index (χ2v) is 5.08. The average Bonchev–Trinajstić information content (AvgIpc) is 2.58. The number of carbonyl (C=O) groups excluding carboxylic acids is 1. The maximum atomic E-state index is 12.8. The minimum Gasteiger partial charge on any atom is -0.314 e. The number of hydrogen-bond acceptors (Lipinski definition) is 2. The fourth-order valence-electron chi connectivity index (χ4n) is 2.59. The van der Waals surface area contributed by atoms with Crippen LogP contribution in [0, 0.1) is 11.3 Å². The molecule has 0 radical (unpaired) electrons. The first kappa shape index (κ1) is 14.4. The summed E-state index contributed by atoms with van der Waals surface area (Å²) in [6.45, 7) is 1.59. The van der Waals surface area contributed by atoms with E-state index in [4.69, 9.17) is 5.26 Å². The summed E-state index contributed by atoms with van der Waals surface area (Å²) < 4.78 is 38.4. The van der Waals surface area contributed by atoms with E-state index in [0.29, 0.717) is 11.3 Å². The van der Waals surface area contributed by atoms with Gasteiger partial charge in [-0.15, -0.1) is 0 Å².